The topological polar surface area (TPSA) is 53.1 Å². The van der Waals surface area contributed by atoms with Crippen LogP contribution in [0.5, 0.6) is 5.75 Å². The van der Waals surface area contributed by atoms with E-state index in [2.05, 4.69) is 4.90 Å². The van der Waals surface area contributed by atoms with Crippen LogP contribution in [0.1, 0.15) is 12.0 Å². The molecule has 0 saturated carbocycles. The molecule has 3 rings (SSSR count). The van der Waals surface area contributed by atoms with Gasteiger partial charge in [0.15, 0.2) is 11.6 Å². The first-order valence-electron chi connectivity index (χ1n) is 7.50. The number of methoxy groups -OCH3 is 1. The number of halogens is 1. The molecule has 0 aliphatic carbocycles. The minimum Gasteiger partial charge on any atom is -0.494 e. The molecule has 2 saturated heterocycles. The highest BCUT2D eigenvalue weighted by atomic mass is 19.1. The Kier molecular flexibility index (Phi) is 3.75. The molecule has 0 bridgehead atoms. The lowest BCUT2D eigenvalue weighted by molar-refractivity contribution is -0.131. The van der Waals surface area contributed by atoms with Crippen LogP contribution in [0.3, 0.4) is 0 Å². The Hall–Kier alpha value is -2.15. The van der Waals surface area contributed by atoms with Gasteiger partial charge in [-0.1, -0.05) is 6.07 Å². The van der Waals surface area contributed by atoms with Crippen LogP contribution in [-0.2, 0) is 11.3 Å². The van der Waals surface area contributed by atoms with E-state index in [-0.39, 0.29) is 17.7 Å². The van der Waals surface area contributed by atoms with E-state index < -0.39 is 11.4 Å². The van der Waals surface area contributed by atoms with E-state index in [1.807, 2.05) is 6.07 Å². The number of likely N-dealkylation sites (tertiary alicyclic amines) is 1. The van der Waals surface area contributed by atoms with Crippen molar-refractivity contribution in [3.63, 3.8) is 0 Å². The van der Waals surface area contributed by atoms with Crippen LogP contribution in [0.4, 0.5) is 9.18 Å². The Labute approximate surface area is 134 Å². The summed E-state index contributed by atoms with van der Waals surface area (Å²) in [7, 11) is 4.61. The van der Waals surface area contributed by atoms with Crippen molar-refractivity contribution in [2.24, 2.45) is 0 Å². The Bertz CT molecular complexity index is 666. The third-order valence-electron chi connectivity index (χ3n) is 4.87. The van der Waals surface area contributed by atoms with Crippen LogP contribution in [0.25, 0.3) is 0 Å². The first-order valence-corrected chi connectivity index (χ1v) is 7.50. The fraction of sp³-hybridized carbons (Fsp3) is 0.500. The number of hydrogen-bond donors (Lipinski definition) is 0. The fourth-order valence-corrected chi connectivity index (χ4v) is 3.47. The molecular weight excluding hydrogens is 301 g/mol. The molecule has 23 heavy (non-hydrogen) atoms. The number of hydrogen-bond acceptors (Lipinski definition) is 4. The second kappa shape index (κ2) is 5.49. The van der Waals surface area contributed by atoms with Gasteiger partial charge in [-0.2, -0.15) is 0 Å². The smallest absolute Gasteiger partial charge is 0.327 e. The molecule has 1 aromatic carbocycles. The van der Waals surface area contributed by atoms with Crippen LogP contribution in [0.2, 0.25) is 0 Å². The van der Waals surface area contributed by atoms with Crippen molar-refractivity contribution in [2.75, 3.05) is 34.3 Å². The summed E-state index contributed by atoms with van der Waals surface area (Å²) in [6, 6.07) is 4.58. The molecule has 7 heteroatoms. The maximum Gasteiger partial charge on any atom is 0.327 e. The summed E-state index contributed by atoms with van der Waals surface area (Å²) >= 11 is 0. The minimum atomic E-state index is -0.781. The molecule has 1 aromatic rings. The third kappa shape index (κ3) is 2.35. The first kappa shape index (κ1) is 15.7. The summed E-state index contributed by atoms with van der Waals surface area (Å²) in [6.45, 7) is 1.68. The molecule has 3 amide bonds. The zero-order valence-electron chi connectivity index (χ0n) is 13.5. The van der Waals surface area contributed by atoms with Gasteiger partial charge < -0.3 is 9.64 Å². The van der Waals surface area contributed by atoms with E-state index in [1.54, 1.807) is 13.1 Å². The second-order valence-corrected chi connectivity index (χ2v) is 6.17. The Morgan fingerprint density at radius 3 is 2.61 bits per heavy atom. The normalized spacial score (nSPS) is 25.0. The summed E-state index contributed by atoms with van der Waals surface area (Å²) in [5, 5.41) is 0. The van der Waals surface area contributed by atoms with Gasteiger partial charge in [-0.15, -0.1) is 0 Å². The van der Waals surface area contributed by atoms with Gasteiger partial charge in [0, 0.05) is 33.7 Å². The standard InChI is InChI=1S/C16H20FN3O3/c1-18-14(21)16(19(2)15(18)22)6-7-20(10-16)9-11-4-5-13(23-3)12(17)8-11/h4-5,8H,6-7,9-10H2,1-3H3. The number of urea groups is 1. The first-order chi connectivity index (χ1) is 10.9. The van der Waals surface area contributed by atoms with Crippen molar-refractivity contribution >= 4 is 11.9 Å². The number of ether oxygens (including phenoxy) is 1. The van der Waals surface area contributed by atoms with Crippen molar-refractivity contribution in [1.29, 1.82) is 0 Å². The number of rotatable bonds is 3. The molecular formula is C16H20FN3O3. The number of benzene rings is 1. The van der Waals surface area contributed by atoms with Crippen molar-refractivity contribution in [3.8, 4) is 5.75 Å². The highest BCUT2D eigenvalue weighted by Gasteiger charge is 2.57. The lowest BCUT2D eigenvalue weighted by Crippen LogP contribution is -2.49. The highest BCUT2D eigenvalue weighted by Crippen LogP contribution is 2.35. The maximum absolute atomic E-state index is 13.8. The predicted octanol–water partition coefficient (Wildman–Crippen LogP) is 1.30. The number of nitrogens with zero attached hydrogens (tertiary/aromatic N) is 3. The monoisotopic (exact) mass is 321 g/mol. The van der Waals surface area contributed by atoms with Crippen LogP contribution < -0.4 is 4.74 Å². The van der Waals surface area contributed by atoms with Gasteiger partial charge in [0.1, 0.15) is 5.54 Å². The van der Waals surface area contributed by atoms with E-state index in [0.717, 1.165) is 5.56 Å². The van der Waals surface area contributed by atoms with E-state index >= 15 is 0 Å². The zero-order valence-corrected chi connectivity index (χ0v) is 13.5. The largest absolute Gasteiger partial charge is 0.494 e. The van der Waals surface area contributed by atoms with Gasteiger partial charge in [-0.3, -0.25) is 14.6 Å². The molecule has 2 aliphatic rings. The molecule has 2 aliphatic heterocycles. The van der Waals surface area contributed by atoms with Crippen LogP contribution in [0, 0.1) is 5.82 Å². The van der Waals surface area contributed by atoms with Crippen molar-refractivity contribution in [1.82, 2.24) is 14.7 Å². The fourth-order valence-electron chi connectivity index (χ4n) is 3.47. The van der Waals surface area contributed by atoms with E-state index in [1.165, 1.54) is 30.0 Å². The number of carbonyl (C=O) groups is 2. The van der Waals surface area contributed by atoms with Gasteiger partial charge in [0.2, 0.25) is 0 Å². The van der Waals surface area contributed by atoms with Gasteiger partial charge in [-0.05, 0) is 24.1 Å². The van der Waals surface area contributed by atoms with Gasteiger partial charge in [0.05, 0.1) is 7.11 Å². The van der Waals surface area contributed by atoms with Gasteiger partial charge >= 0.3 is 6.03 Å². The van der Waals surface area contributed by atoms with Crippen molar-refractivity contribution in [3.05, 3.63) is 29.6 Å². The highest BCUT2D eigenvalue weighted by molar-refractivity contribution is 6.07. The molecule has 2 heterocycles. The molecule has 124 valence electrons. The van der Waals surface area contributed by atoms with Crippen LogP contribution in [-0.4, -0.2) is 66.5 Å². The molecule has 0 aromatic heterocycles. The molecule has 0 radical (unpaired) electrons. The number of amides is 3. The Balaban J connectivity index is 1.74. The number of carbonyl (C=O) groups excluding carboxylic acids is 2. The van der Waals surface area contributed by atoms with Crippen molar-refractivity contribution in [2.45, 2.75) is 18.5 Å². The molecule has 1 atom stereocenters. The lowest BCUT2D eigenvalue weighted by Gasteiger charge is -2.28. The van der Waals surface area contributed by atoms with Crippen molar-refractivity contribution < 1.29 is 18.7 Å². The summed E-state index contributed by atoms with van der Waals surface area (Å²) < 4.78 is 18.7. The Morgan fingerprint density at radius 1 is 1.30 bits per heavy atom. The second-order valence-electron chi connectivity index (χ2n) is 6.17. The Morgan fingerprint density at radius 2 is 2.04 bits per heavy atom. The summed E-state index contributed by atoms with van der Waals surface area (Å²) in [4.78, 5) is 29.2. The lowest BCUT2D eigenvalue weighted by atomic mass is 9.97. The summed E-state index contributed by atoms with van der Waals surface area (Å²) in [6.07, 6.45) is 0.594. The van der Waals surface area contributed by atoms with Gasteiger partial charge in [0.25, 0.3) is 5.91 Å². The average Bonchev–Trinajstić information content (AvgIpc) is 3.02. The summed E-state index contributed by atoms with van der Waals surface area (Å²) in [5.74, 6) is -0.346. The van der Waals surface area contributed by atoms with Crippen LogP contribution in [0.15, 0.2) is 18.2 Å². The summed E-state index contributed by atoms with van der Waals surface area (Å²) in [5.41, 5.74) is 0.0322. The maximum atomic E-state index is 13.8. The number of imide groups is 1. The molecule has 0 N–H and O–H groups in total. The molecule has 1 spiro atoms. The molecule has 6 nitrogen and oxygen atoms in total. The van der Waals surface area contributed by atoms with E-state index in [9.17, 15) is 14.0 Å². The minimum absolute atomic E-state index is 0.159. The number of likely N-dealkylation sites (N-methyl/N-ethyl adjacent to an activating group) is 2. The predicted molar refractivity (Wildman–Crippen MR) is 81.5 cm³/mol. The quantitative estimate of drug-likeness (QED) is 0.788. The average molecular weight is 321 g/mol. The van der Waals surface area contributed by atoms with E-state index in [4.69, 9.17) is 4.74 Å². The zero-order chi connectivity index (χ0) is 16.8. The SMILES string of the molecule is COc1ccc(CN2CCC3(C2)C(=O)N(C)C(=O)N3C)cc1F. The molecule has 1 unspecified atom stereocenters. The molecule has 2 fully saturated rings. The van der Waals surface area contributed by atoms with Gasteiger partial charge in [-0.25, -0.2) is 9.18 Å². The van der Waals surface area contributed by atoms with E-state index in [0.29, 0.717) is 26.1 Å². The third-order valence-corrected chi connectivity index (χ3v) is 4.87. The van der Waals surface area contributed by atoms with Crippen LogP contribution >= 0.6 is 0 Å².